The molecule has 0 bridgehead atoms. The van der Waals surface area contributed by atoms with Gasteiger partial charge in [0.2, 0.25) is 0 Å². The number of nitrogens with one attached hydrogen (secondary N) is 1. The number of methoxy groups -OCH3 is 1. The Hall–Kier alpha value is -1.07. The fourth-order valence-corrected chi connectivity index (χ4v) is 2.64. The third kappa shape index (κ3) is 2.52. The summed E-state index contributed by atoms with van der Waals surface area (Å²) in [4.78, 5) is 2.17. The Labute approximate surface area is 109 Å². The molecular weight excluding hydrogens is 228 g/mol. The van der Waals surface area contributed by atoms with Crippen molar-refractivity contribution in [2.75, 3.05) is 34.3 Å². The lowest BCUT2D eigenvalue weighted by Gasteiger charge is -2.27. The minimum Gasteiger partial charge on any atom is -0.493 e. The number of hydrogen-bond donors (Lipinski definition) is 1. The van der Waals surface area contributed by atoms with E-state index in [9.17, 15) is 0 Å². The van der Waals surface area contributed by atoms with E-state index < -0.39 is 0 Å². The quantitative estimate of drug-likeness (QED) is 0.850. The van der Waals surface area contributed by atoms with Gasteiger partial charge in [-0.3, -0.25) is 4.68 Å². The molecule has 1 saturated heterocycles. The highest BCUT2D eigenvalue weighted by atomic mass is 16.5. The topological polar surface area (TPSA) is 42.3 Å². The van der Waals surface area contributed by atoms with Gasteiger partial charge in [0.1, 0.15) is 5.69 Å². The summed E-state index contributed by atoms with van der Waals surface area (Å²) < 4.78 is 7.55. The van der Waals surface area contributed by atoms with Crippen molar-refractivity contribution in [3.63, 3.8) is 0 Å². The van der Waals surface area contributed by atoms with Gasteiger partial charge in [0, 0.05) is 6.54 Å². The molecule has 2 heterocycles. The van der Waals surface area contributed by atoms with Crippen molar-refractivity contribution in [1.82, 2.24) is 20.0 Å². The molecule has 1 fully saturated rings. The van der Waals surface area contributed by atoms with Crippen LogP contribution >= 0.6 is 0 Å². The van der Waals surface area contributed by atoms with E-state index in [1.165, 1.54) is 12.1 Å². The van der Waals surface area contributed by atoms with Gasteiger partial charge in [-0.05, 0) is 40.4 Å². The van der Waals surface area contributed by atoms with Crippen molar-refractivity contribution in [3.8, 4) is 5.75 Å². The van der Waals surface area contributed by atoms with Crippen LogP contribution in [0.5, 0.6) is 5.75 Å². The first-order valence-corrected chi connectivity index (χ1v) is 6.57. The van der Waals surface area contributed by atoms with E-state index in [-0.39, 0.29) is 5.54 Å². The summed E-state index contributed by atoms with van der Waals surface area (Å²) in [5.41, 5.74) is 1.18. The van der Waals surface area contributed by atoms with E-state index in [4.69, 9.17) is 4.74 Å². The van der Waals surface area contributed by atoms with E-state index in [0.29, 0.717) is 0 Å². The molecule has 0 aliphatic carbocycles. The molecule has 0 aromatic carbocycles. The van der Waals surface area contributed by atoms with Gasteiger partial charge in [-0.15, -0.1) is 0 Å². The van der Waals surface area contributed by atoms with E-state index in [1.54, 1.807) is 7.11 Å². The standard InChI is InChI=1S/C13H24N4O/c1-13(6-5-7-14-13)12-11(18-4)10-15-17(12)9-8-16(2)3/h10,14H,5-9H2,1-4H3. The summed E-state index contributed by atoms with van der Waals surface area (Å²) >= 11 is 0. The van der Waals surface area contributed by atoms with Crippen molar-refractivity contribution < 1.29 is 4.74 Å². The van der Waals surface area contributed by atoms with Crippen LogP contribution in [0.4, 0.5) is 0 Å². The zero-order valence-corrected chi connectivity index (χ0v) is 11.9. The van der Waals surface area contributed by atoms with E-state index in [2.05, 4.69) is 41.0 Å². The van der Waals surface area contributed by atoms with E-state index in [1.807, 2.05) is 6.20 Å². The van der Waals surface area contributed by atoms with Gasteiger partial charge in [-0.1, -0.05) is 0 Å². The third-order valence-corrected chi connectivity index (χ3v) is 3.68. The summed E-state index contributed by atoms with van der Waals surface area (Å²) in [5.74, 6) is 0.894. The molecule has 0 amide bonds. The predicted molar refractivity (Wildman–Crippen MR) is 71.9 cm³/mol. The van der Waals surface area contributed by atoms with Crippen LogP contribution in [0.1, 0.15) is 25.5 Å². The minimum absolute atomic E-state index is 0.00580. The van der Waals surface area contributed by atoms with Crippen molar-refractivity contribution >= 4 is 0 Å². The first-order chi connectivity index (χ1) is 8.57. The Balaban J connectivity index is 2.27. The normalized spacial score (nSPS) is 23.8. The lowest BCUT2D eigenvalue weighted by molar-refractivity contribution is 0.326. The molecule has 5 heteroatoms. The molecule has 18 heavy (non-hydrogen) atoms. The molecule has 1 aromatic heterocycles. The molecule has 0 spiro atoms. The Morgan fingerprint density at radius 1 is 1.56 bits per heavy atom. The maximum Gasteiger partial charge on any atom is 0.161 e. The predicted octanol–water partition coefficient (Wildman–Crippen LogP) is 1.05. The van der Waals surface area contributed by atoms with E-state index >= 15 is 0 Å². The van der Waals surface area contributed by atoms with Crippen molar-refractivity contribution in [2.45, 2.75) is 31.8 Å². The SMILES string of the molecule is COc1cnn(CCN(C)C)c1C1(C)CCCN1. The number of hydrogen-bond acceptors (Lipinski definition) is 4. The van der Waals surface area contributed by atoms with Crippen LogP contribution in [0, 0.1) is 0 Å². The molecule has 102 valence electrons. The number of nitrogens with zero attached hydrogens (tertiary/aromatic N) is 3. The average Bonchev–Trinajstić information content (AvgIpc) is 2.92. The van der Waals surface area contributed by atoms with Crippen LogP contribution in [-0.4, -0.2) is 49.0 Å². The molecule has 5 nitrogen and oxygen atoms in total. The van der Waals surface area contributed by atoms with E-state index in [0.717, 1.165) is 31.8 Å². The molecule has 1 N–H and O–H groups in total. The zero-order valence-electron chi connectivity index (χ0n) is 11.9. The zero-order chi connectivity index (χ0) is 13.2. The van der Waals surface area contributed by atoms with Gasteiger partial charge in [-0.2, -0.15) is 5.10 Å². The van der Waals surface area contributed by atoms with Crippen molar-refractivity contribution in [1.29, 1.82) is 0 Å². The fraction of sp³-hybridized carbons (Fsp3) is 0.769. The van der Waals surface area contributed by atoms with Gasteiger partial charge in [-0.25, -0.2) is 0 Å². The van der Waals surface area contributed by atoms with Gasteiger partial charge < -0.3 is 15.0 Å². The van der Waals surface area contributed by atoms with Gasteiger partial charge in [0.15, 0.2) is 5.75 Å². The summed E-state index contributed by atoms with van der Waals surface area (Å²) in [6, 6.07) is 0. The Bertz CT molecular complexity index is 394. The highest BCUT2D eigenvalue weighted by molar-refractivity contribution is 5.32. The van der Waals surface area contributed by atoms with Crippen molar-refractivity contribution in [2.24, 2.45) is 0 Å². The molecule has 1 aromatic rings. The molecule has 1 aliphatic rings. The largest absolute Gasteiger partial charge is 0.493 e. The fourth-order valence-electron chi connectivity index (χ4n) is 2.64. The minimum atomic E-state index is -0.00580. The second-order valence-corrected chi connectivity index (χ2v) is 5.45. The molecule has 1 aliphatic heterocycles. The van der Waals surface area contributed by atoms with Gasteiger partial charge in [0.25, 0.3) is 0 Å². The molecule has 2 rings (SSSR count). The Morgan fingerprint density at radius 3 is 2.89 bits per heavy atom. The van der Waals surface area contributed by atoms with Crippen LogP contribution in [0.2, 0.25) is 0 Å². The van der Waals surface area contributed by atoms with Crippen LogP contribution in [0.15, 0.2) is 6.20 Å². The maximum absolute atomic E-state index is 5.47. The molecule has 1 atom stereocenters. The van der Waals surface area contributed by atoms with Gasteiger partial charge in [0.05, 0.1) is 25.4 Å². The first kappa shape index (κ1) is 13.4. The molecule has 1 unspecified atom stereocenters. The molecular formula is C13H24N4O. The number of ether oxygens (including phenoxy) is 1. The van der Waals surface area contributed by atoms with Crippen LogP contribution in [0.3, 0.4) is 0 Å². The monoisotopic (exact) mass is 252 g/mol. The molecule has 0 radical (unpaired) electrons. The summed E-state index contributed by atoms with van der Waals surface area (Å²) in [5, 5.41) is 8.06. The van der Waals surface area contributed by atoms with Crippen molar-refractivity contribution in [3.05, 3.63) is 11.9 Å². The second kappa shape index (κ2) is 5.28. The Morgan fingerprint density at radius 2 is 2.33 bits per heavy atom. The maximum atomic E-state index is 5.47. The highest BCUT2D eigenvalue weighted by Crippen LogP contribution is 2.36. The second-order valence-electron chi connectivity index (χ2n) is 5.45. The Kier molecular flexibility index (Phi) is 3.92. The third-order valence-electron chi connectivity index (χ3n) is 3.68. The lowest BCUT2D eigenvalue weighted by atomic mass is 9.95. The smallest absolute Gasteiger partial charge is 0.161 e. The summed E-state index contributed by atoms with van der Waals surface area (Å²) in [6.45, 7) is 5.18. The first-order valence-electron chi connectivity index (χ1n) is 6.57. The molecule has 0 saturated carbocycles. The highest BCUT2D eigenvalue weighted by Gasteiger charge is 2.36. The number of rotatable bonds is 5. The number of aromatic nitrogens is 2. The summed E-state index contributed by atoms with van der Waals surface area (Å²) in [6.07, 6.45) is 4.17. The van der Waals surface area contributed by atoms with Crippen LogP contribution in [0.25, 0.3) is 0 Å². The lowest BCUT2D eigenvalue weighted by Crippen LogP contribution is -2.36. The van der Waals surface area contributed by atoms with Gasteiger partial charge >= 0.3 is 0 Å². The number of likely N-dealkylation sites (N-methyl/N-ethyl adjacent to an activating group) is 1. The van der Waals surface area contributed by atoms with Crippen LogP contribution < -0.4 is 10.1 Å². The summed E-state index contributed by atoms with van der Waals surface area (Å²) in [7, 11) is 5.88. The average molecular weight is 252 g/mol. The van der Waals surface area contributed by atoms with Crippen LogP contribution in [-0.2, 0) is 12.1 Å².